The van der Waals surface area contributed by atoms with Gasteiger partial charge >= 0.3 is 0 Å². The van der Waals surface area contributed by atoms with Gasteiger partial charge in [0.1, 0.15) is 17.4 Å². The molecule has 32 heavy (non-hydrogen) atoms. The first-order chi connectivity index (χ1) is 15.5. The average Bonchev–Trinajstić information content (AvgIpc) is 3.43. The Kier molecular flexibility index (Phi) is 5.09. The minimum absolute atomic E-state index is 0.0520. The molecule has 0 saturated carbocycles. The molecule has 2 aromatic carbocycles. The van der Waals surface area contributed by atoms with E-state index >= 15 is 0 Å². The Morgan fingerprint density at radius 2 is 1.97 bits per heavy atom. The number of fused-ring (bicyclic) bond motifs is 1. The SMILES string of the molecule is COc1cc(C=C2CCC(=O)N3C2=NCC3c2ccc(F)cc2)ccc1-n1cnc(C)c1. The number of carbonyl (C=O) groups is 1. The first kappa shape index (κ1) is 20.2. The molecule has 0 bridgehead atoms. The van der Waals surface area contributed by atoms with Gasteiger partial charge in [-0.25, -0.2) is 9.37 Å². The number of nitrogens with zero attached hydrogens (tertiary/aromatic N) is 4. The van der Waals surface area contributed by atoms with Gasteiger partial charge in [0.25, 0.3) is 0 Å². The van der Waals surface area contributed by atoms with E-state index in [4.69, 9.17) is 9.73 Å². The van der Waals surface area contributed by atoms with Crippen molar-refractivity contribution in [2.24, 2.45) is 4.99 Å². The highest BCUT2D eigenvalue weighted by Gasteiger charge is 2.38. The molecule has 2 aliphatic heterocycles. The van der Waals surface area contributed by atoms with Crippen LogP contribution in [0, 0.1) is 12.7 Å². The number of hydrogen-bond donors (Lipinski definition) is 0. The summed E-state index contributed by atoms with van der Waals surface area (Å²) in [5.41, 5.74) is 4.72. The number of benzene rings is 2. The largest absolute Gasteiger partial charge is 0.495 e. The van der Waals surface area contributed by atoms with Crippen LogP contribution >= 0.6 is 0 Å². The molecule has 0 spiro atoms. The maximum Gasteiger partial charge on any atom is 0.229 e. The number of rotatable bonds is 4. The average molecular weight is 430 g/mol. The smallest absolute Gasteiger partial charge is 0.229 e. The van der Waals surface area contributed by atoms with E-state index in [2.05, 4.69) is 11.1 Å². The van der Waals surface area contributed by atoms with Gasteiger partial charge in [-0.1, -0.05) is 18.2 Å². The molecule has 1 saturated heterocycles. The number of aryl methyl sites for hydroxylation is 1. The number of hydrogen-bond acceptors (Lipinski definition) is 4. The van der Waals surface area contributed by atoms with Crippen LogP contribution in [0.25, 0.3) is 11.8 Å². The molecule has 5 rings (SSSR count). The lowest BCUT2D eigenvalue weighted by atomic mass is 9.97. The number of amidine groups is 1. The highest BCUT2D eigenvalue weighted by Crippen LogP contribution is 2.35. The van der Waals surface area contributed by atoms with Crippen molar-refractivity contribution in [1.82, 2.24) is 14.5 Å². The Bertz CT molecular complexity index is 1240. The molecule has 0 aliphatic carbocycles. The first-order valence-corrected chi connectivity index (χ1v) is 10.6. The molecule has 6 nitrogen and oxygen atoms in total. The van der Waals surface area contributed by atoms with E-state index in [-0.39, 0.29) is 17.8 Å². The summed E-state index contributed by atoms with van der Waals surface area (Å²) in [7, 11) is 1.65. The van der Waals surface area contributed by atoms with Crippen LogP contribution in [0.1, 0.15) is 35.7 Å². The summed E-state index contributed by atoms with van der Waals surface area (Å²) in [6.07, 6.45) is 6.83. The molecule has 0 radical (unpaired) electrons. The Balaban J connectivity index is 1.45. The number of imidazole rings is 1. The van der Waals surface area contributed by atoms with Crippen molar-refractivity contribution in [3.05, 3.63) is 83.2 Å². The number of halogens is 1. The summed E-state index contributed by atoms with van der Waals surface area (Å²) in [5.74, 6) is 1.21. The predicted octanol–water partition coefficient (Wildman–Crippen LogP) is 4.49. The first-order valence-electron chi connectivity index (χ1n) is 10.6. The van der Waals surface area contributed by atoms with Gasteiger partial charge in [-0.15, -0.1) is 0 Å². The molecule has 7 heteroatoms. The maximum atomic E-state index is 13.4. The number of piperidine rings is 1. The lowest BCUT2D eigenvalue weighted by Gasteiger charge is -2.31. The number of aliphatic imine (C=N–C) groups is 1. The lowest BCUT2D eigenvalue weighted by molar-refractivity contribution is -0.129. The number of methoxy groups -OCH3 is 1. The van der Waals surface area contributed by atoms with Gasteiger partial charge < -0.3 is 9.30 Å². The summed E-state index contributed by atoms with van der Waals surface area (Å²) in [5, 5.41) is 0. The van der Waals surface area contributed by atoms with Gasteiger partial charge in [-0.2, -0.15) is 0 Å². The van der Waals surface area contributed by atoms with E-state index in [9.17, 15) is 9.18 Å². The number of carbonyl (C=O) groups excluding carboxylic acids is 1. The van der Waals surface area contributed by atoms with Crippen LogP contribution in [-0.4, -0.2) is 39.8 Å². The predicted molar refractivity (Wildman–Crippen MR) is 120 cm³/mol. The van der Waals surface area contributed by atoms with E-state index in [1.54, 1.807) is 30.5 Å². The van der Waals surface area contributed by atoms with Gasteiger partial charge in [0, 0.05) is 12.6 Å². The zero-order valence-electron chi connectivity index (χ0n) is 18.0. The van der Waals surface area contributed by atoms with Crippen molar-refractivity contribution in [3.8, 4) is 11.4 Å². The zero-order valence-corrected chi connectivity index (χ0v) is 18.0. The zero-order chi connectivity index (χ0) is 22.2. The lowest BCUT2D eigenvalue weighted by Crippen LogP contribution is -2.40. The van der Waals surface area contributed by atoms with Crippen LogP contribution in [0.2, 0.25) is 0 Å². The fourth-order valence-electron chi connectivity index (χ4n) is 4.33. The van der Waals surface area contributed by atoms with Crippen LogP contribution in [0.5, 0.6) is 5.75 Å². The maximum absolute atomic E-state index is 13.4. The van der Waals surface area contributed by atoms with Crippen LogP contribution in [-0.2, 0) is 4.79 Å². The van der Waals surface area contributed by atoms with Crippen LogP contribution in [0.4, 0.5) is 4.39 Å². The summed E-state index contributed by atoms with van der Waals surface area (Å²) < 4.78 is 20.9. The third-order valence-corrected chi connectivity index (χ3v) is 5.91. The monoisotopic (exact) mass is 430 g/mol. The molecule has 1 amide bonds. The summed E-state index contributed by atoms with van der Waals surface area (Å²) in [6.45, 7) is 2.42. The normalized spacial score (nSPS) is 19.3. The number of ether oxygens (including phenoxy) is 1. The Labute approximate surface area is 185 Å². The van der Waals surface area contributed by atoms with Crippen molar-refractivity contribution in [3.63, 3.8) is 0 Å². The molecule has 1 fully saturated rings. The van der Waals surface area contributed by atoms with Crippen molar-refractivity contribution in [2.75, 3.05) is 13.7 Å². The Morgan fingerprint density at radius 3 is 2.69 bits per heavy atom. The topological polar surface area (TPSA) is 59.7 Å². The molecular formula is C25H23FN4O2. The molecule has 1 unspecified atom stereocenters. The fourth-order valence-corrected chi connectivity index (χ4v) is 4.33. The minimum atomic E-state index is -0.290. The van der Waals surface area contributed by atoms with Crippen molar-refractivity contribution >= 4 is 17.8 Å². The van der Waals surface area contributed by atoms with E-state index in [0.717, 1.165) is 33.8 Å². The number of aromatic nitrogens is 2. The standard InChI is InChI=1S/C25H23FN4O2/c1-16-14-29(15-28-16)21-9-3-17(12-23(21)32-2)11-19-6-10-24(31)30-22(13-27-25(19)30)18-4-7-20(26)8-5-18/h3-5,7-9,11-12,14-15,22H,6,10,13H2,1-2H3. The summed E-state index contributed by atoms with van der Waals surface area (Å²) >= 11 is 0. The van der Waals surface area contributed by atoms with Gasteiger partial charge in [-0.05, 0) is 60.4 Å². The van der Waals surface area contributed by atoms with E-state index < -0.39 is 0 Å². The second kappa shape index (κ2) is 8.07. The second-order valence-corrected chi connectivity index (χ2v) is 8.02. The third kappa shape index (κ3) is 3.60. The van der Waals surface area contributed by atoms with E-state index in [1.807, 2.05) is 35.9 Å². The highest BCUT2D eigenvalue weighted by atomic mass is 19.1. The third-order valence-electron chi connectivity index (χ3n) is 5.91. The van der Waals surface area contributed by atoms with Gasteiger partial charge in [0.05, 0.1) is 37.4 Å². The molecule has 162 valence electrons. The molecule has 2 aliphatic rings. The van der Waals surface area contributed by atoms with Crippen molar-refractivity contribution < 1.29 is 13.9 Å². The van der Waals surface area contributed by atoms with Gasteiger partial charge in [0.2, 0.25) is 5.91 Å². The van der Waals surface area contributed by atoms with E-state index in [1.165, 1.54) is 12.1 Å². The Hall–Kier alpha value is -3.74. The summed E-state index contributed by atoms with van der Waals surface area (Å²) in [6, 6.07) is 12.1. The van der Waals surface area contributed by atoms with Gasteiger partial charge in [0.15, 0.2) is 0 Å². The van der Waals surface area contributed by atoms with Crippen LogP contribution < -0.4 is 4.74 Å². The molecule has 3 aromatic rings. The van der Waals surface area contributed by atoms with Crippen molar-refractivity contribution in [2.45, 2.75) is 25.8 Å². The van der Waals surface area contributed by atoms with E-state index in [0.29, 0.717) is 25.2 Å². The molecular weight excluding hydrogens is 407 g/mol. The minimum Gasteiger partial charge on any atom is -0.495 e. The highest BCUT2D eigenvalue weighted by molar-refractivity contribution is 6.13. The van der Waals surface area contributed by atoms with Crippen molar-refractivity contribution in [1.29, 1.82) is 0 Å². The summed E-state index contributed by atoms with van der Waals surface area (Å²) in [4.78, 5) is 23.5. The number of amides is 1. The molecule has 3 heterocycles. The van der Waals surface area contributed by atoms with Gasteiger partial charge in [-0.3, -0.25) is 14.7 Å². The molecule has 1 aromatic heterocycles. The quantitative estimate of drug-likeness (QED) is 0.613. The van der Waals surface area contributed by atoms with Crippen LogP contribution in [0.3, 0.4) is 0 Å². The second-order valence-electron chi connectivity index (χ2n) is 8.02. The molecule has 0 N–H and O–H groups in total. The fraction of sp³-hybridized carbons (Fsp3) is 0.240. The Morgan fingerprint density at radius 1 is 1.16 bits per heavy atom. The van der Waals surface area contributed by atoms with Crippen LogP contribution in [0.15, 0.2) is 65.6 Å². The molecule has 1 atom stereocenters.